The molecular weight excluding hydrogens is 437 g/mol. The molecule has 1 aromatic rings. The third-order valence-electron chi connectivity index (χ3n) is 7.10. The molecule has 1 fully saturated rings. The van der Waals surface area contributed by atoms with Crippen molar-refractivity contribution >= 4 is 28.9 Å². The molecule has 4 atom stereocenters. The fourth-order valence-corrected chi connectivity index (χ4v) is 5.66. The maximum atomic E-state index is 14.8. The summed E-state index contributed by atoms with van der Waals surface area (Å²) in [5.41, 5.74) is 4.73. The Bertz CT molecular complexity index is 1220. The van der Waals surface area contributed by atoms with Crippen LogP contribution in [0.1, 0.15) is 24.5 Å². The number of ketones is 2. The molecule has 1 aromatic carbocycles. The summed E-state index contributed by atoms with van der Waals surface area (Å²) in [7, 11) is 2.99. The highest BCUT2D eigenvalue weighted by molar-refractivity contribution is 6.24. The number of aliphatic hydroxyl groups is 3. The Kier molecular flexibility index (Phi) is 4.67. The number of nitrogen functional groups attached to an aromatic ring is 1. The molecule has 0 aliphatic heterocycles. The van der Waals surface area contributed by atoms with Crippen molar-refractivity contribution in [2.24, 2.45) is 17.1 Å². The predicted octanol–water partition coefficient (Wildman–Crippen LogP) is 0.0754. The summed E-state index contributed by atoms with van der Waals surface area (Å²) in [6.07, 6.45) is -0.315. The van der Waals surface area contributed by atoms with Gasteiger partial charge in [0.05, 0.1) is 17.3 Å². The van der Waals surface area contributed by atoms with Crippen LogP contribution in [0.5, 0.6) is 5.75 Å². The van der Waals surface area contributed by atoms with Gasteiger partial charge in [-0.3, -0.25) is 19.3 Å². The van der Waals surface area contributed by atoms with Crippen LogP contribution in [0.15, 0.2) is 23.0 Å². The Morgan fingerprint density at radius 2 is 1.85 bits per heavy atom. The van der Waals surface area contributed by atoms with E-state index < -0.39 is 69.1 Å². The van der Waals surface area contributed by atoms with Gasteiger partial charge in [-0.1, -0.05) is 6.92 Å². The van der Waals surface area contributed by atoms with Crippen molar-refractivity contribution in [1.29, 1.82) is 0 Å². The van der Waals surface area contributed by atoms with Crippen LogP contribution in [0.25, 0.3) is 5.76 Å². The van der Waals surface area contributed by atoms with Crippen LogP contribution in [0.4, 0.5) is 10.1 Å². The number of likely N-dealkylation sites (N-methyl/N-ethyl adjacent to an activating group) is 1. The molecule has 8 N–H and O–H groups in total. The van der Waals surface area contributed by atoms with Crippen LogP contribution in [-0.2, 0) is 20.8 Å². The van der Waals surface area contributed by atoms with Gasteiger partial charge in [0.25, 0.3) is 5.91 Å². The van der Waals surface area contributed by atoms with E-state index in [2.05, 4.69) is 0 Å². The number of Topliss-reactive ketones (excluding diaryl/α,β-unsaturated/α-hetero) is 2. The van der Waals surface area contributed by atoms with Crippen LogP contribution in [-0.4, -0.2) is 68.5 Å². The molecule has 0 spiro atoms. The first-order valence-corrected chi connectivity index (χ1v) is 10.1. The summed E-state index contributed by atoms with van der Waals surface area (Å²) in [5, 5.41) is 43.7. The van der Waals surface area contributed by atoms with Crippen molar-refractivity contribution in [3.63, 3.8) is 0 Å². The van der Waals surface area contributed by atoms with Crippen LogP contribution in [0.3, 0.4) is 0 Å². The molecule has 33 heavy (non-hydrogen) atoms. The van der Waals surface area contributed by atoms with Gasteiger partial charge in [-0.15, -0.1) is 0 Å². The molecule has 10 nitrogen and oxygen atoms in total. The summed E-state index contributed by atoms with van der Waals surface area (Å²) in [5.74, 6) is -8.04. The second-order valence-electron chi connectivity index (χ2n) is 9.38. The van der Waals surface area contributed by atoms with Crippen molar-refractivity contribution in [3.05, 3.63) is 39.9 Å². The molecule has 0 bridgehead atoms. The molecule has 176 valence electrons. The standard InChI is InChI=1S/C22H24FN3O7/c1-21-5-7-9(23)4-10(24)15(27)11(7)16(28)13(21)19(31)22(33)8(6-21)14(26(2)3)17(29)12(18(22)30)20(25)32/h4,8,14,27-28,30,33H,5-6,24H2,1-3H3,(H2,25,32)/t8-,14-,21-,22+/m0/s1. The number of amides is 1. The quantitative estimate of drug-likeness (QED) is 0.201. The first kappa shape index (κ1) is 22.7. The number of aliphatic hydroxyl groups excluding tert-OH is 2. The Balaban J connectivity index is 2.06. The van der Waals surface area contributed by atoms with Gasteiger partial charge in [0.2, 0.25) is 5.78 Å². The summed E-state index contributed by atoms with van der Waals surface area (Å²) >= 11 is 0. The van der Waals surface area contributed by atoms with Gasteiger partial charge in [-0.2, -0.15) is 0 Å². The lowest BCUT2D eigenvalue weighted by molar-refractivity contribution is -0.156. The molecule has 0 unspecified atom stereocenters. The Hall–Kier alpha value is -3.44. The summed E-state index contributed by atoms with van der Waals surface area (Å²) in [6.45, 7) is 1.55. The van der Waals surface area contributed by atoms with Crippen molar-refractivity contribution in [2.45, 2.75) is 31.4 Å². The molecule has 1 amide bonds. The zero-order valence-corrected chi connectivity index (χ0v) is 18.1. The number of nitrogens with two attached hydrogens (primary N) is 2. The van der Waals surface area contributed by atoms with Crippen LogP contribution in [0.2, 0.25) is 0 Å². The average molecular weight is 461 g/mol. The first-order chi connectivity index (χ1) is 15.2. The van der Waals surface area contributed by atoms with Crippen molar-refractivity contribution in [1.82, 2.24) is 4.90 Å². The van der Waals surface area contributed by atoms with E-state index in [1.807, 2.05) is 0 Å². The SMILES string of the molecule is CN(C)[C@@H]1C(=O)C(C(N)=O)=C(O)[C@@]2(O)C(=O)C3=C(O)c4c(O)c(N)cc(F)c4C[C@@]3(C)C[C@@H]12. The molecule has 11 heteroatoms. The zero-order valence-electron chi connectivity index (χ0n) is 18.1. The second-order valence-corrected chi connectivity index (χ2v) is 9.38. The highest BCUT2D eigenvalue weighted by Crippen LogP contribution is 2.58. The molecule has 0 aromatic heterocycles. The number of benzene rings is 1. The first-order valence-electron chi connectivity index (χ1n) is 10.1. The van der Waals surface area contributed by atoms with Gasteiger partial charge in [-0.25, -0.2) is 4.39 Å². The lowest BCUT2D eigenvalue weighted by Gasteiger charge is -2.53. The van der Waals surface area contributed by atoms with Crippen molar-refractivity contribution in [3.8, 4) is 5.75 Å². The number of carbonyl (C=O) groups excluding carboxylic acids is 3. The fourth-order valence-electron chi connectivity index (χ4n) is 5.66. The Labute approximate surface area is 187 Å². The minimum Gasteiger partial charge on any atom is -0.508 e. The number of fused-ring (bicyclic) bond motifs is 3. The number of nitrogens with zero attached hydrogens (tertiary/aromatic N) is 1. The second kappa shape index (κ2) is 6.78. The molecule has 1 saturated carbocycles. The van der Waals surface area contributed by atoms with E-state index in [9.17, 15) is 39.2 Å². The lowest BCUT2D eigenvalue weighted by atomic mass is 9.52. The number of hydrogen-bond acceptors (Lipinski definition) is 9. The summed E-state index contributed by atoms with van der Waals surface area (Å²) < 4.78 is 14.8. The molecule has 0 saturated heterocycles. The largest absolute Gasteiger partial charge is 0.508 e. The van der Waals surface area contributed by atoms with Gasteiger partial charge in [0.15, 0.2) is 11.4 Å². The fraction of sp³-hybridized carbons (Fsp3) is 0.409. The van der Waals surface area contributed by atoms with Gasteiger partial charge < -0.3 is 31.9 Å². The lowest BCUT2D eigenvalue weighted by Crippen LogP contribution is -2.67. The molecule has 0 heterocycles. The topological polar surface area (TPSA) is 187 Å². The minimum atomic E-state index is -2.76. The monoisotopic (exact) mass is 461 g/mol. The Morgan fingerprint density at radius 3 is 2.39 bits per heavy atom. The Morgan fingerprint density at radius 1 is 1.24 bits per heavy atom. The minimum absolute atomic E-state index is 0.0789. The van der Waals surface area contributed by atoms with E-state index in [0.29, 0.717) is 0 Å². The maximum absolute atomic E-state index is 14.8. The van der Waals surface area contributed by atoms with E-state index in [1.165, 1.54) is 19.0 Å². The highest BCUT2D eigenvalue weighted by Gasteiger charge is 2.66. The number of aromatic hydroxyl groups is 1. The van der Waals surface area contributed by atoms with Gasteiger partial charge in [-0.05, 0) is 26.9 Å². The van der Waals surface area contributed by atoms with Crippen LogP contribution in [0, 0.1) is 17.2 Å². The number of carbonyl (C=O) groups is 3. The maximum Gasteiger partial charge on any atom is 0.255 e. The number of hydrogen-bond donors (Lipinski definition) is 6. The number of phenolic OH excluding ortho intramolecular Hbond substituents is 1. The smallest absolute Gasteiger partial charge is 0.255 e. The number of rotatable bonds is 2. The normalized spacial score (nSPS) is 31.5. The number of halogens is 1. The van der Waals surface area contributed by atoms with Crippen LogP contribution < -0.4 is 11.5 Å². The van der Waals surface area contributed by atoms with Crippen molar-refractivity contribution < 1.29 is 39.2 Å². The molecule has 0 radical (unpaired) electrons. The van der Waals surface area contributed by atoms with Crippen LogP contribution >= 0.6 is 0 Å². The molecule has 3 aliphatic rings. The predicted molar refractivity (Wildman–Crippen MR) is 113 cm³/mol. The summed E-state index contributed by atoms with van der Waals surface area (Å²) in [6, 6.07) is -0.319. The van der Waals surface area contributed by atoms with E-state index in [0.717, 1.165) is 6.07 Å². The third-order valence-corrected chi connectivity index (χ3v) is 7.10. The number of phenols is 1. The van der Waals surface area contributed by atoms with Gasteiger partial charge >= 0.3 is 0 Å². The number of anilines is 1. The molecule has 3 aliphatic carbocycles. The molecular formula is C22H24FN3O7. The van der Waals surface area contributed by atoms with E-state index in [1.54, 1.807) is 6.92 Å². The zero-order chi connectivity index (χ0) is 24.8. The van der Waals surface area contributed by atoms with Gasteiger partial charge in [0.1, 0.15) is 28.7 Å². The third kappa shape index (κ3) is 2.69. The van der Waals surface area contributed by atoms with Gasteiger partial charge in [0, 0.05) is 28.5 Å². The van der Waals surface area contributed by atoms with E-state index in [4.69, 9.17) is 11.5 Å². The van der Waals surface area contributed by atoms with Crippen molar-refractivity contribution in [2.75, 3.05) is 19.8 Å². The highest BCUT2D eigenvalue weighted by atomic mass is 19.1. The average Bonchev–Trinajstić information content (AvgIpc) is 2.68. The number of primary amides is 1. The van der Waals surface area contributed by atoms with E-state index >= 15 is 0 Å². The molecule has 4 rings (SSSR count). The summed E-state index contributed by atoms with van der Waals surface area (Å²) in [4.78, 5) is 40.1. The van der Waals surface area contributed by atoms with E-state index in [-0.39, 0.29) is 35.2 Å².